The molecular formula is C21H31N3O. The third-order valence-corrected chi connectivity index (χ3v) is 5.77. The maximum atomic E-state index is 11.3. The molecule has 0 radical (unpaired) electrons. The second kappa shape index (κ2) is 8.15. The molecule has 0 bridgehead atoms. The van der Waals surface area contributed by atoms with Crippen LogP contribution in [-0.4, -0.2) is 42.0 Å². The van der Waals surface area contributed by atoms with E-state index in [0.717, 1.165) is 32.4 Å². The number of nitrogens with two attached hydrogens (primary N) is 1. The van der Waals surface area contributed by atoms with Gasteiger partial charge < -0.3 is 11.1 Å². The van der Waals surface area contributed by atoms with E-state index in [9.17, 15) is 4.79 Å². The Hall–Kier alpha value is -1.65. The molecule has 1 unspecified atom stereocenters. The van der Waals surface area contributed by atoms with Crippen molar-refractivity contribution in [1.29, 1.82) is 0 Å². The summed E-state index contributed by atoms with van der Waals surface area (Å²) >= 11 is 0. The number of benzene rings is 1. The molecule has 25 heavy (non-hydrogen) atoms. The summed E-state index contributed by atoms with van der Waals surface area (Å²) in [6, 6.07) is 11.7. The van der Waals surface area contributed by atoms with Crippen molar-refractivity contribution < 1.29 is 4.79 Å². The predicted molar refractivity (Wildman–Crippen MR) is 103 cm³/mol. The van der Waals surface area contributed by atoms with Gasteiger partial charge in [0, 0.05) is 25.2 Å². The Kier molecular flexibility index (Phi) is 5.92. The first-order valence-electron chi connectivity index (χ1n) is 9.63. The van der Waals surface area contributed by atoms with Crippen molar-refractivity contribution in [2.45, 2.75) is 57.7 Å². The molecule has 1 aromatic carbocycles. The first-order valence-corrected chi connectivity index (χ1v) is 9.63. The third-order valence-electron chi connectivity index (χ3n) is 5.77. The molecule has 1 aromatic rings. The summed E-state index contributed by atoms with van der Waals surface area (Å²) in [6.07, 6.45) is 6.94. The van der Waals surface area contributed by atoms with E-state index in [1.807, 2.05) is 6.92 Å². The molecule has 1 amide bonds. The van der Waals surface area contributed by atoms with Gasteiger partial charge in [0.1, 0.15) is 0 Å². The number of hydrogen-bond acceptors (Lipinski definition) is 3. The number of amides is 1. The van der Waals surface area contributed by atoms with Crippen molar-refractivity contribution in [3.63, 3.8) is 0 Å². The van der Waals surface area contributed by atoms with Crippen molar-refractivity contribution in [3.8, 4) is 0 Å². The minimum atomic E-state index is -0.215. The van der Waals surface area contributed by atoms with Gasteiger partial charge in [0.05, 0.1) is 6.04 Å². The molecular weight excluding hydrogens is 310 g/mol. The monoisotopic (exact) mass is 341 g/mol. The zero-order chi connectivity index (χ0) is 17.8. The Bertz CT molecular complexity index is 605. The Balaban J connectivity index is 1.48. The Morgan fingerprint density at radius 1 is 1.32 bits per heavy atom. The van der Waals surface area contributed by atoms with E-state index in [0.29, 0.717) is 18.0 Å². The van der Waals surface area contributed by atoms with E-state index in [2.05, 4.69) is 53.5 Å². The van der Waals surface area contributed by atoms with Gasteiger partial charge in [-0.15, -0.1) is 0 Å². The van der Waals surface area contributed by atoms with Gasteiger partial charge in [0.2, 0.25) is 5.91 Å². The smallest absolute Gasteiger partial charge is 0.234 e. The fraction of sp³-hybridized carbons (Fsp3) is 0.571. The lowest BCUT2D eigenvalue weighted by Crippen LogP contribution is -2.50. The van der Waals surface area contributed by atoms with E-state index in [4.69, 9.17) is 5.73 Å². The highest BCUT2D eigenvalue weighted by molar-refractivity contribution is 5.79. The normalized spacial score (nSPS) is 26.4. The van der Waals surface area contributed by atoms with Crippen molar-refractivity contribution in [2.24, 2.45) is 11.7 Å². The van der Waals surface area contributed by atoms with Gasteiger partial charge in [-0.2, -0.15) is 0 Å². The van der Waals surface area contributed by atoms with Crippen LogP contribution in [0.15, 0.2) is 35.9 Å². The van der Waals surface area contributed by atoms with Crippen LogP contribution in [0.25, 0.3) is 6.08 Å². The first kappa shape index (κ1) is 18.2. The quantitative estimate of drug-likeness (QED) is 0.802. The maximum Gasteiger partial charge on any atom is 0.234 e. The van der Waals surface area contributed by atoms with Crippen LogP contribution < -0.4 is 11.1 Å². The van der Waals surface area contributed by atoms with Crippen molar-refractivity contribution in [1.82, 2.24) is 10.2 Å². The van der Waals surface area contributed by atoms with Crippen LogP contribution in [0.2, 0.25) is 0 Å². The summed E-state index contributed by atoms with van der Waals surface area (Å²) < 4.78 is 0. The van der Waals surface area contributed by atoms with Crippen LogP contribution >= 0.6 is 0 Å². The minimum absolute atomic E-state index is 0.143. The maximum absolute atomic E-state index is 11.3. The molecule has 2 fully saturated rings. The molecule has 3 atom stereocenters. The molecule has 136 valence electrons. The van der Waals surface area contributed by atoms with Gasteiger partial charge in [-0.25, -0.2) is 0 Å². The van der Waals surface area contributed by atoms with Crippen LogP contribution in [0.3, 0.4) is 0 Å². The number of nitrogens with one attached hydrogen (secondary N) is 1. The summed E-state index contributed by atoms with van der Waals surface area (Å²) in [6.45, 7) is 6.09. The highest BCUT2D eigenvalue weighted by Crippen LogP contribution is 2.40. The average Bonchev–Trinajstić information content (AvgIpc) is 3.39. The molecule has 1 saturated carbocycles. The summed E-state index contributed by atoms with van der Waals surface area (Å²) in [7, 11) is 0. The van der Waals surface area contributed by atoms with Crippen molar-refractivity contribution in [2.75, 3.05) is 13.1 Å². The standard InChI is InChI=1S/C21H31N3O/c1-3-17(13-16-7-5-4-6-8-16)19-14-20(19)23-18-9-11-24(12-10-18)15(2)21(22)25/h4-8,13,15,18-20,23H,3,9-12,14H2,1-2H3,(H2,22,25)/b17-13+/t15?,19-,20+/m1/s1. The van der Waals surface area contributed by atoms with Crippen LogP contribution in [0.5, 0.6) is 0 Å². The number of carbonyl (C=O) groups is 1. The molecule has 3 N–H and O–H groups in total. The molecule has 3 rings (SSSR count). The number of piperidine rings is 1. The zero-order valence-corrected chi connectivity index (χ0v) is 15.4. The summed E-state index contributed by atoms with van der Waals surface area (Å²) in [5.41, 5.74) is 8.28. The largest absolute Gasteiger partial charge is 0.368 e. The number of primary amides is 1. The highest BCUT2D eigenvalue weighted by atomic mass is 16.1. The van der Waals surface area contributed by atoms with E-state index in [1.165, 1.54) is 12.0 Å². The number of nitrogens with zero attached hydrogens (tertiary/aromatic N) is 1. The molecule has 2 aliphatic rings. The van der Waals surface area contributed by atoms with Crippen molar-refractivity contribution in [3.05, 3.63) is 41.5 Å². The lowest BCUT2D eigenvalue weighted by molar-refractivity contribution is -0.123. The Labute approximate surface area is 151 Å². The van der Waals surface area contributed by atoms with E-state index in [-0.39, 0.29) is 11.9 Å². The molecule has 0 spiro atoms. The lowest BCUT2D eigenvalue weighted by Gasteiger charge is -2.35. The number of rotatable bonds is 7. The minimum Gasteiger partial charge on any atom is -0.368 e. The van der Waals surface area contributed by atoms with Gasteiger partial charge in [-0.3, -0.25) is 9.69 Å². The Morgan fingerprint density at radius 3 is 2.60 bits per heavy atom. The summed E-state index contributed by atoms with van der Waals surface area (Å²) in [5, 5.41) is 3.85. The van der Waals surface area contributed by atoms with Crippen LogP contribution in [0.1, 0.15) is 45.1 Å². The summed E-state index contributed by atoms with van der Waals surface area (Å²) in [5.74, 6) is 0.472. The molecule has 1 aliphatic carbocycles. The van der Waals surface area contributed by atoms with E-state index < -0.39 is 0 Å². The zero-order valence-electron chi connectivity index (χ0n) is 15.4. The first-order chi connectivity index (χ1) is 12.1. The highest BCUT2D eigenvalue weighted by Gasteiger charge is 2.40. The van der Waals surface area contributed by atoms with Crippen LogP contribution in [-0.2, 0) is 4.79 Å². The molecule has 0 aromatic heterocycles. The molecule has 1 heterocycles. The average molecular weight is 341 g/mol. The van der Waals surface area contributed by atoms with Crippen LogP contribution in [0.4, 0.5) is 0 Å². The molecule has 1 aliphatic heterocycles. The second-order valence-electron chi connectivity index (χ2n) is 7.49. The second-order valence-corrected chi connectivity index (χ2v) is 7.49. The van der Waals surface area contributed by atoms with Crippen molar-refractivity contribution >= 4 is 12.0 Å². The number of carbonyl (C=O) groups excluding carboxylic acids is 1. The summed E-state index contributed by atoms with van der Waals surface area (Å²) in [4.78, 5) is 13.5. The van der Waals surface area contributed by atoms with Gasteiger partial charge in [0.25, 0.3) is 0 Å². The number of hydrogen-bond donors (Lipinski definition) is 2. The van der Waals surface area contributed by atoms with Gasteiger partial charge in [0.15, 0.2) is 0 Å². The topological polar surface area (TPSA) is 58.4 Å². The molecule has 4 nitrogen and oxygen atoms in total. The van der Waals surface area contributed by atoms with E-state index >= 15 is 0 Å². The molecule has 1 saturated heterocycles. The SMILES string of the molecule is CC/C(=C\c1ccccc1)[C@H]1C[C@@H]1NC1CCN(C(C)C(N)=O)CC1. The third kappa shape index (κ3) is 4.71. The number of likely N-dealkylation sites (tertiary alicyclic amines) is 1. The van der Waals surface area contributed by atoms with Gasteiger partial charge >= 0.3 is 0 Å². The lowest BCUT2D eigenvalue weighted by atomic mass is 10.0. The van der Waals surface area contributed by atoms with Gasteiger partial charge in [-0.1, -0.05) is 48.9 Å². The predicted octanol–water partition coefficient (Wildman–Crippen LogP) is 2.80. The van der Waals surface area contributed by atoms with E-state index in [1.54, 1.807) is 5.57 Å². The Morgan fingerprint density at radius 2 is 2.00 bits per heavy atom. The van der Waals surface area contributed by atoms with Crippen LogP contribution in [0, 0.1) is 5.92 Å². The fourth-order valence-corrected chi connectivity index (χ4v) is 3.96. The van der Waals surface area contributed by atoms with Gasteiger partial charge in [-0.05, 0) is 44.1 Å². The fourth-order valence-electron chi connectivity index (χ4n) is 3.96. The molecule has 4 heteroatoms.